The van der Waals surface area contributed by atoms with Crippen LogP contribution >= 0.6 is 0 Å². The van der Waals surface area contributed by atoms with E-state index < -0.39 is 0 Å². The van der Waals surface area contributed by atoms with E-state index in [1.54, 1.807) is 17.2 Å². The molecule has 5 nitrogen and oxygen atoms in total. The monoisotopic (exact) mass is 263 g/mol. The van der Waals surface area contributed by atoms with E-state index in [9.17, 15) is 0 Å². The van der Waals surface area contributed by atoms with E-state index in [-0.39, 0.29) is 0 Å². The molecular formula is C15H13N5. The van der Waals surface area contributed by atoms with E-state index in [0.717, 1.165) is 17.1 Å². The number of aromatic nitrogens is 3. The first kappa shape index (κ1) is 12.1. The molecule has 0 atom stereocenters. The lowest BCUT2D eigenvalue weighted by Gasteiger charge is -1.96. The third-order valence-corrected chi connectivity index (χ3v) is 2.74. The number of anilines is 1. The Morgan fingerprint density at radius 1 is 1.00 bits per heavy atom. The highest BCUT2D eigenvalue weighted by atomic mass is 15.5. The highest BCUT2D eigenvalue weighted by Gasteiger charge is 1.99. The van der Waals surface area contributed by atoms with Gasteiger partial charge in [-0.05, 0) is 36.4 Å². The smallest absolute Gasteiger partial charge is 0.124 e. The third kappa shape index (κ3) is 2.72. The van der Waals surface area contributed by atoms with Crippen molar-refractivity contribution in [3.63, 3.8) is 0 Å². The van der Waals surface area contributed by atoms with Gasteiger partial charge in [-0.2, -0.15) is 9.90 Å². The molecule has 0 aliphatic carbocycles. The minimum absolute atomic E-state index is 0.700. The van der Waals surface area contributed by atoms with E-state index in [1.165, 1.54) is 0 Å². The summed E-state index contributed by atoms with van der Waals surface area (Å²) in [5.74, 6) is 0. The Morgan fingerprint density at radius 2 is 1.75 bits per heavy atom. The maximum Gasteiger partial charge on any atom is 0.124 e. The normalized spacial score (nSPS) is 11.0. The van der Waals surface area contributed by atoms with Gasteiger partial charge in [0.1, 0.15) is 5.69 Å². The van der Waals surface area contributed by atoms with Gasteiger partial charge in [-0.3, -0.25) is 4.99 Å². The van der Waals surface area contributed by atoms with Gasteiger partial charge in [-0.25, -0.2) is 0 Å². The van der Waals surface area contributed by atoms with Gasteiger partial charge in [0.2, 0.25) is 0 Å². The van der Waals surface area contributed by atoms with Crippen LogP contribution in [0, 0.1) is 0 Å². The molecular weight excluding hydrogens is 250 g/mol. The maximum atomic E-state index is 5.62. The standard InChI is InChI=1S/C15H13N5/c16-12-6-8-13(9-7-12)17-10-14-11-18-20(19-14)15-4-2-1-3-5-15/h1-11H,16H2. The fraction of sp³-hybridized carbons (Fsp3) is 0. The Kier molecular flexibility index (Phi) is 3.24. The van der Waals surface area contributed by atoms with Crippen LogP contribution in [0.4, 0.5) is 11.4 Å². The molecule has 0 fully saturated rings. The largest absolute Gasteiger partial charge is 0.399 e. The first-order valence-corrected chi connectivity index (χ1v) is 6.19. The summed E-state index contributed by atoms with van der Waals surface area (Å²) in [7, 11) is 0. The molecule has 2 aromatic carbocycles. The molecule has 2 N–H and O–H groups in total. The van der Waals surface area contributed by atoms with Gasteiger partial charge in [-0.1, -0.05) is 18.2 Å². The van der Waals surface area contributed by atoms with Crippen molar-refractivity contribution in [1.82, 2.24) is 15.0 Å². The third-order valence-electron chi connectivity index (χ3n) is 2.74. The van der Waals surface area contributed by atoms with Crippen molar-refractivity contribution in [2.45, 2.75) is 0 Å². The molecule has 20 heavy (non-hydrogen) atoms. The fourth-order valence-electron chi connectivity index (χ4n) is 1.72. The van der Waals surface area contributed by atoms with E-state index in [0.29, 0.717) is 5.69 Å². The average molecular weight is 263 g/mol. The van der Waals surface area contributed by atoms with E-state index in [1.807, 2.05) is 54.6 Å². The van der Waals surface area contributed by atoms with Gasteiger partial charge >= 0.3 is 0 Å². The first-order valence-electron chi connectivity index (χ1n) is 6.19. The molecule has 0 saturated carbocycles. The van der Waals surface area contributed by atoms with Crippen LogP contribution in [0.5, 0.6) is 0 Å². The van der Waals surface area contributed by atoms with Crippen LogP contribution in [0.1, 0.15) is 5.69 Å². The van der Waals surface area contributed by atoms with Gasteiger partial charge < -0.3 is 5.73 Å². The summed E-state index contributed by atoms with van der Waals surface area (Å²) in [5.41, 5.74) is 8.79. The number of nitrogens with zero attached hydrogens (tertiary/aromatic N) is 4. The molecule has 98 valence electrons. The molecule has 3 rings (SSSR count). The van der Waals surface area contributed by atoms with Crippen molar-refractivity contribution >= 4 is 17.6 Å². The lowest BCUT2D eigenvalue weighted by Crippen LogP contribution is -1.98. The molecule has 0 saturated heterocycles. The Morgan fingerprint density at radius 3 is 2.50 bits per heavy atom. The summed E-state index contributed by atoms with van der Waals surface area (Å²) >= 11 is 0. The molecule has 0 aliphatic heterocycles. The molecule has 0 spiro atoms. The van der Waals surface area contributed by atoms with Crippen molar-refractivity contribution in [3.05, 3.63) is 66.5 Å². The van der Waals surface area contributed by atoms with Crippen molar-refractivity contribution in [1.29, 1.82) is 0 Å². The van der Waals surface area contributed by atoms with Crippen LogP contribution < -0.4 is 5.73 Å². The quantitative estimate of drug-likeness (QED) is 0.583. The number of benzene rings is 2. The van der Waals surface area contributed by atoms with E-state index in [4.69, 9.17) is 5.73 Å². The number of hydrogen-bond donors (Lipinski definition) is 1. The number of nitrogen functional groups attached to an aromatic ring is 1. The average Bonchev–Trinajstić information content (AvgIpc) is 2.97. The van der Waals surface area contributed by atoms with Crippen LogP contribution in [-0.4, -0.2) is 21.2 Å². The molecule has 5 heteroatoms. The van der Waals surface area contributed by atoms with Gasteiger partial charge in [0, 0.05) is 5.69 Å². The number of hydrogen-bond acceptors (Lipinski definition) is 4. The van der Waals surface area contributed by atoms with Crippen LogP contribution in [0.2, 0.25) is 0 Å². The summed E-state index contributed by atoms with van der Waals surface area (Å²) in [6, 6.07) is 17.1. The van der Waals surface area contributed by atoms with Crippen LogP contribution in [0.3, 0.4) is 0 Å². The van der Waals surface area contributed by atoms with Gasteiger partial charge in [0.05, 0.1) is 23.8 Å². The maximum absolute atomic E-state index is 5.62. The second-order valence-corrected chi connectivity index (χ2v) is 4.24. The van der Waals surface area contributed by atoms with Crippen LogP contribution in [-0.2, 0) is 0 Å². The van der Waals surface area contributed by atoms with Crippen LogP contribution in [0.15, 0.2) is 65.8 Å². The predicted octanol–water partition coefficient (Wildman–Crippen LogP) is 2.60. The fourth-order valence-corrected chi connectivity index (χ4v) is 1.72. The van der Waals surface area contributed by atoms with Gasteiger partial charge in [0.25, 0.3) is 0 Å². The number of nitrogens with two attached hydrogens (primary N) is 1. The van der Waals surface area contributed by atoms with Crippen molar-refractivity contribution in [2.24, 2.45) is 4.99 Å². The number of aliphatic imine (C=N–C) groups is 1. The Labute approximate surface area is 116 Å². The zero-order valence-corrected chi connectivity index (χ0v) is 10.7. The van der Waals surface area contributed by atoms with Crippen molar-refractivity contribution in [3.8, 4) is 5.69 Å². The number of para-hydroxylation sites is 1. The molecule has 0 bridgehead atoms. The summed E-state index contributed by atoms with van der Waals surface area (Å²) in [6.45, 7) is 0. The molecule has 0 aliphatic rings. The minimum Gasteiger partial charge on any atom is -0.399 e. The summed E-state index contributed by atoms with van der Waals surface area (Å²) in [4.78, 5) is 5.90. The zero-order valence-electron chi connectivity index (χ0n) is 10.7. The Balaban J connectivity index is 1.79. The van der Waals surface area contributed by atoms with Crippen LogP contribution in [0.25, 0.3) is 5.69 Å². The summed E-state index contributed by atoms with van der Waals surface area (Å²) in [5, 5.41) is 8.55. The second kappa shape index (κ2) is 5.36. The van der Waals surface area contributed by atoms with Crippen molar-refractivity contribution < 1.29 is 0 Å². The topological polar surface area (TPSA) is 69.1 Å². The molecule has 0 amide bonds. The molecule has 0 radical (unpaired) electrons. The van der Waals surface area contributed by atoms with Gasteiger partial charge in [-0.15, -0.1) is 5.10 Å². The molecule has 1 heterocycles. The zero-order chi connectivity index (χ0) is 13.8. The summed E-state index contributed by atoms with van der Waals surface area (Å²) in [6.07, 6.45) is 3.35. The molecule has 3 aromatic rings. The highest BCUT2D eigenvalue weighted by molar-refractivity contribution is 5.79. The van der Waals surface area contributed by atoms with Gasteiger partial charge in [0.15, 0.2) is 0 Å². The molecule has 1 aromatic heterocycles. The van der Waals surface area contributed by atoms with Crippen molar-refractivity contribution in [2.75, 3.05) is 5.73 Å². The minimum atomic E-state index is 0.700. The summed E-state index contributed by atoms with van der Waals surface area (Å²) < 4.78 is 0. The first-order chi connectivity index (χ1) is 9.81. The Bertz CT molecular complexity index is 714. The lowest BCUT2D eigenvalue weighted by molar-refractivity contribution is 0.751. The lowest BCUT2D eigenvalue weighted by atomic mass is 10.3. The SMILES string of the molecule is Nc1ccc(N=Cc2cnn(-c3ccccc3)n2)cc1. The molecule has 0 unspecified atom stereocenters. The highest BCUT2D eigenvalue weighted by Crippen LogP contribution is 2.13. The van der Waals surface area contributed by atoms with E-state index >= 15 is 0 Å². The predicted molar refractivity (Wildman–Crippen MR) is 79.5 cm³/mol. The number of rotatable bonds is 3. The van der Waals surface area contributed by atoms with E-state index in [2.05, 4.69) is 15.2 Å². The Hall–Kier alpha value is -2.95. The second-order valence-electron chi connectivity index (χ2n) is 4.24.